The van der Waals surface area contributed by atoms with E-state index in [2.05, 4.69) is 41.8 Å². The van der Waals surface area contributed by atoms with Gasteiger partial charge in [-0.05, 0) is 71.6 Å². The van der Waals surface area contributed by atoms with E-state index < -0.39 is 15.2 Å². The molecule has 0 fully saturated rings. The molecule has 1 unspecified atom stereocenters. The summed E-state index contributed by atoms with van der Waals surface area (Å²) in [6.07, 6.45) is 2.83. The van der Waals surface area contributed by atoms with Gasteiger partial charge < -0.3 is 4.57 Å². The minimum atomic E-state index is -3.54. The van der Waals surface area contributed by atoms with E-state index in [-0.39, 0.29) is 0 Å². The van der Waals surface area contributed by atoms with Crippen molar-refractivity contribution >= 4 is 32.9 Å². The summed E-state index contributed by atoms with van der Waals surface area (Å²) in [7, 11) is -1.53. The Kier molecular flexibility index (Phi) is 7.41. The SMILES string of the molecule is Cn1c(SCCCN2CCc3ccc(S(=O)(=O)C4NCCc5ccccc54)cc3C2)nnc1-c1ccsc1. The molecule has 0 saturated heterocycles. The van der Waals surface area contributed by atoms with Crippen molar-refractivity contribution in [1.82, 2.24) is 25.0 Å². The summed E-state index contributed by atoms with van der Waals surface area (Å²) in [6.45, 7) is 3.41. The third-order valence-corrected chi connectivity index (χ3v) is 11.2. The van der Waals surface area contributed by atoms with E-state index in [4.69, 9.17) is 0 Å². The lowest BCUT2D eigenvalue weighted by Gasteiger charge is -2.30. The zero-order chi connectivity index (χ0) is 26.1. The first-order valence-electron chi connectivity index (χ1n) is 12.9. The number of rotatable bonds is 8. The highest BCUT2D eigenvalue weighted by Gasteiger charge is 2.33. The first kappa shape index (κ1) is 25.8. The average Bonchev–Trinajstić information content (AvgIpc) is 3.60. The van der Waals surface area contributed by atoms with Gasteiger partial charge in [-0.3, -0.25) is 10.2 Å². The molecule has 0 amide bonds. The van der Waals surface area contributed by atoms with Gasteiger partial charge in [0.2, 0.25) is 0 Å². The number of hydrogen-bond acceptors (Lipinski definition) is 8. The van der Waals surface area contributed by atoms with Gasteiger partial charge in [-0.15, -0.1) is 10.2 Å². The average molecular weight is 566 g/mol. The number of sulfone groups is 1. The van der Waals surface area contributed by atoms with Gasteiger partial charge in [0, 0.05) is 43.4 Å². The van der Waals surface area contributed by atoms with Crippen LogP contribution in [0.1, 0.15) is 34.0 Å². The smallest absolute Gasteiger partial charge is 0.198 e. The summed E-state index contributed by atoms with van der Waals surface area (Å²) in [5.74, 6) is 1.86. The van der Waals surface area contributed by atoms with Crippen LogP contribution < -0.4 is 5.32 Å². The molecule has 1 N–H and O–H groups in total. The minimum absolute atomic E-state index is 0.409. The van der Waals surface area contributed by atoms with E-state index in [1.165, 1.54) is 5.56 Å². The van der Waals surface area contributed by atoms with Crippen LogP contribution in [0.3, 0.4) is 0 Å². The van der Waals surface area contributed by atoms with Crippen molar-refractivity contribution in [3.8, 4) is 11.4 Å². The second kappa shape index (κ2) is 10.9. The molecule has 7 nitrogen and oxygen atoms in total. The number of thioether (sulfide) groups is 1. The molecule has 0 spiro atoms. The van der Waals surface area contributed by atoms with Crippen LogP contribution >= 0.6 is 23.1 Å². The first-order valence-corrected chi connectivity index (χ1v) is 16.4. The Hall–Kier alpha value is -2.50. The molecule has 0 aliphatic carbocycles. The highest BCUT2D eigenvalue weighted by molar-refractivity contribution is 7.99. The lowest BCUT2D eigenvalue weighted by Crippen LogP contribution is -2.35. The number of nitrogens with zero attached hydrogens (tertiary/aromatic N) is 4. The van der Waals surface area contributed by atoms with Crippen molar-refractivity contribution < 1.29 is 8.42 Å². The number of fused-ring (bicyclic) bond motifs is 2. The molecule has 4 heterocycles. The molecule has 38 heavy (non-hydrogen) atoms. The van der Waals surface area contributed by atoms with Crippen LogP contribution in [0.4, 0.5) is 0 Å². The zero-order valence-corrected chi connectivity index (χ0v) is 23.8. The summed E-state index contributed by atoms with van der Waals surface area (Å²) in [6, 6.07) is 15.7. The van der Waals surface area contributed by atoms with E-state index in [1.807, 2.05) is 43.4 Å². The fourth-order valence-corrected chi connectivity index (χ4v) is 8.58. The van der Waals surface area contributed by atoms with E-state index >= 15 is 0 Å². The van der Waals surface area contributed by atoms with E-state index in [0.29, 0.717) is 11.4 Å². The maximum Gasteiger partial charge on any atom is 0.198 e. The Bertz CT molecular complexity index is 1530. The summed E-state index contributed by atoms with van der Waals surface area (Å²) in [5.41, 5.74) is 5.48. The molecular weight excluding hydrogens is 535 g/mol. The Morgan fingerprint density at radius 1 is 1.08 bits per heavy atom. The second-order valence-electron chi connectivity index (χ2n) is 9.86. The number of thiophene rings is 1. The zero-order valence-electron chi connectivity index (χ0n) is 21.3. The van der Waals surface area contributed by atoms with Gasteiger partial charge in [0.1, 0.15) is 5.37 Å². The first-order chi connectivity index (χ1) is 18.5. The highest BCUT2D eigenvalue weighted by Crippen LogP contribution is 2.33. The van der Waals surface area contributed by atoms with Crippen molar-refractivity contribution in [2.45, 2.75) is 41.2 Å². The Morgan fingerprint density at radius 2 is 1.97 bits per heavy atom. The van der Waals surface area contributed by atoms with Crippen molar-refractivity contribution in [1.29, 1.82) is 0 Å². The Morgan fingerprint density at radius 3 is 2.84 bits per heavy atom. The molecule has 4 aromatic rings. The van der Waals surface area contributed by atoms with Crippen molar-refractivity contribution in [2.24, 2.45) is 7.05 Å². The third-order valence-electron chi connectivity index (χ3n) is 7.43. The quantitative estimate of drug-likeness (QED) is 0.245. The van der Waals surface area contributed by atoms with Gasteiger partial charge in [-0.25, -0.2) is 8.42 Å². The largest absolute Gasteiger partial charge is 0.305 e. The molecule has 2 aromatic carbocycles. The molecule has 2 aromatic heterocycles. The fourth-order valence-electron chi connectivity index (χ4n) is 5.37. The van der Waals surface area contributed by atoms with Crippen LogP contribution in [0.5, 0.6) is 0 Å². The summed E-state index contributed by atoms with van der Waals surface area (Å²) in [4.78, 5) is 2.84. The van der Waals surface area contributed by atoms with E-state index in [1.54, 1.807) is 29.2 Å². The summed E-state index contributed by atoms with van der Waals surface area (Å²) < 4.78 is 29.4. The molecule has 2 aliphatic rings. The standard InChI is InChI=1S/C28H31N5O2S3/c1-32-26(22-11-16-36-19-22)30-31-28(32)37-15-4-13-33-14-10-20-7-8-24(17-23(20)18-33)38(34,35)27-25-6-3-2-5-21(25)9-12-29-27/h2-3,5-8,11,16-17,19,27,29H,4,9-10,12-15,18H2,1H3. The fraction of sp³-hybridized carbons (Fsp3) is 0.357. The summed E-state index contributed by atoms with van der Waals surface area (Å²) >= 11 is 3.40. The number of nitrogens with one attached hydrogen (secondary N) is 1. The predicted molar refractivity (Wildman–Crippen MR) is 153 cm³/mol. The third kappa shape index (κ3) is 5.08. The lowest BCUT2D eigenvalue weighted by molar-refractivity contribution is 0.255. The number of hydrogen-bond donors (Lipinski definition) is 1. The van der Waals surface area contributed by atoms with Crippen LogP contribution in [-0.2, 0) is 36.3 Å². The van der Waals surface area contributed by atoms with Gasteiger partial charge in [-0.1, -0.05) is 42.1 Å². The molecular formula is C28H31N5O2S3. The molecule has 10 heteroatoms. The van der Waals surface area contributed by atoms with E-state index in [9.17, 15) is 8.42 Å². The van der Waals surface area contributed by atoms with Crippen LogP contribution in [0, 0.1) is 0 Å². The normalized spacial score (nSPS) is 17.8. The highest BCUT2D eigenvalue weighted by atomic mass is 32.2. The van der Waals surface area contributed by atoms with Gasteiger partial charge in [-0.2, -0.15) is 11.3 Å². The maximum absolute atomic E-state index is 13.7. The van der Waals surface area contributed by atoms with Gasteiger partial charge in [0.25, 0.3) is 0 Å². The van der Waals surface area contributed by atoms with Gasteiger partial charge in [0.15, 0.2) is 20.8 Å². The molecule has 6 rings (SSSR count). The molecule has 1 atom stereocenters. The van der Waals surface area contributed by atoms with E-state index in [0.717, 1.165) is 77.9 Å². The van der Waals surface area contributed by atoms with Gasteiger partial charge in [0.05, 0.1) is 4.90 Å². The Labute approximate surface area is 232 Å². The predicted octanol–water partition coefficient (Wildman–Crippen LogP) is 4.70. The van der Waals surface area contributed by atoms with Crippen molar-refractivity contribution in [2.75, 3.05) is 25.4 Å². The molecule has 2 aliphatic heterocycles. The minimum Gasteiger partial charge on any atom is -0.305 e. The molecule has 0 saturated carbocycles. The second-order valence-corrected chi connectivity index (χ2v) is 13.7. The number of benzene rings is 2. The molecule has 0 bridgehead atoms. The summed E-state index contributed by atoms with van der Waals surface area (Å²) in [5, 5.41) is 16.4. The molecule has 0 radical (unpaired) electrons. The van der Waals surface area contributed by atoms with Crippen LogP contribution in [-0.4, -0.2) is 53.5 Å². The maximum atomic E-state index is 13.7. The number of aromatic nitrogens is 3. The van der Waals surface area contributed by atoms with Gasteiger partial charge >= 0.3 is 0 Å². The van der Waals surface area contributed by atoms with Crippen LogP contribution in [0.15, 0.2) is 69.3 Å². The van der Waals surface area contributed by atoms with Crippen molar-refractivity contribution in [3.05, 3.63) is 81.5 Å². The van der Waals surface area contributed by atoms with Crippen LogP contribution in [0.2, 0.25) is 0 Å². The van der Waals surface area contributed by atoms with Crippen molar-refractivity contribution in [3.63, 3.8) is 0 Å². The lowest BCUT2D eigenvalue weighted by atomic mass is 10.00. The topological polar surface area (TPSA) is 80.1 Å². The van der Waals surface area contributed by atoms with Crippen LogP contribution in [0.25, 0.3) is 11.4 Å². The Balaban J connectivity index is 1.09. The molecule has 198 valence electrons. The monoisotopic (exact) mass is 565 g/mol.